The zero-order valence-electron chi connectivity index (χ0n) is 29.5. The molecule has 4 saturated carbocycles. The van der Waals surface area contributed by atoms with E-state index in [1.54, 1.807) is 16.7 Å². The number of hydrogen-bond donors (Lipinski definition) is 0. The highest BCUT2D eigenvalue weighted by Gasteiger charge is 2.63. The fraction of sp³-hybridized carbons (Fsp3) is 0.255. The first-order valence-electron chi connectivity index (χ1n) is 19.4. The number of hydrogen-bond acceptors (Lipinski definition) is 0. The van der Waals surface area contributed by atoms with Gasteiger partial charge in [0, 0.05) is 10.8 Å². The minimum atomic E-state index is 0.00152. The highest BCUT2D eigenvalue weighted by atomic mass is 14.7. The predicted octanol–water partition coefficient (Wildman–Crippen LogP) is 13.4. The molecule has 7 aromatic carbocycles. The Hall–Kier alpha value is -4.94. The maximum Gasteiger partial charge on any atom is 0.0278 e. The Kier molecular flexibility index (Phi) is 5.57. The van der Waals surface area contributed by atoms with Crippen molar-refractivity contribution in [2.45, 2.75) is 56.8 Å². The van der Waals surface area contributed by atoms with Gasteiger partial charge in [-0.2, -0.15) is 0 Å². The van der Waals surface area contributed by atoms with Gasteiger partial charge in [0.1, 0.15) is 0 Å². The van der Waals surface area contributed by atoms with E-state index in [0.29, 0.717) is 0 Å². The van der Waals surface area contributed by atoms with Crippen molar-refractivity contribution >= 4 is 21.5 Å². The molecule has 0 aliphatic heterocycles. The van der Waals surface area contributed by atoms with Crippen LogP contribution in [0.25, 0.3) is 66.1 Å². The molecule has 7 aromatic rings. The van der Waals surface area contributed by atoms with Gasteiger partial charge in [0.2, 0.25) is 0 Å². The summed E-state index contributed by atoms with van der Waals surface area (Å²) in [5, 5.41) is 5.31. The predicted molar refractivity (Wildman–Crippen MR) is 213 cm³/mol. The topological polar surface area (TPSA) is 0 Å². The molecule has 0 amide bonds. The molecule has 0 aromatic heterocycles. The first kappa shape index (κ1) is 28.7. The van der Waals surface area contributed by atoms with Crippen molar-refractivity contribution in [3.63, 3.8) is 0 Å². The molecule has 246 valence electrons. The van der Waals surface area contributed by atoms with Crippen LogP contribution in [0.1, 0.15) is 68.2 Å². The average molecular weight is 655 g/mol. The number of rotatable bonds is 2. The second-order valence-electron chi connectivity index (χ2n) is 17.3. The average Bonchev–Trinajstić information content (AvgIpc) is 3.59. The van der Waals surface area contributed by atoms with E-state index in [9.17, 15) is 0 Å². The van der Waals surface area contributed by atoms with Crippen LogP contribution in [0.2, 0.25) is 0 Å². The Bertz CT molecular complexity index is 2590. The number of fused-ring (bicyclic) bond motifs is 10. The smallest absolute Gasteiger partial charge is 0.0278 e. The zero-order chi connectivity index (χ0) is 33.6. The molecule has 51 heavy (non-hydrogen) atoms. The van der Waals surface area contributed by atoms with Crippen LogP contribution in [0.15, 0.2) is 133 Å². The highest BCUT2D eigenvalue weighted by molar-refractivity contribution is 6.10. The van der Waals surface area contributed by atoms with Crippen molar-refractivity contribution < 1.29 is 0 Å². The van der Waals surface area contributed by atoms with Crippen LogP contribution < -0.4 is 0 Å². The lowest BCUT2D eigenvalue weighted by Gasteiger charge is -2.61. The summed E-state index contributed by atoms with van der Waals surface area (Å²) in [5.41, 5.74) is 17.9. The third kappa shape index (κ3) is 3.61. The van der Waals surface area contributed by atoms with Crippen molar-refractivity contribution in [2.75, 3.05) is 0 Å². The van der Waals surface area contributed by atoms with Crippen molar-refractivity contribution in [3.05, 3.63) is 156 Å². The van der Waals surface area contributed by atoms with Gasteiger partial charge in [-0.05, 0) is 156 Å². The third-order valence-electron chi connectivity index (χ3n) is 14.6. The Balaban J connectivity index is 1.09. The molecule has 0 nitrogen and oxygen atoms in total. The monoisotopic (exact) mass is 654 g/mol. The summed E-state index contributed by atoms with van der Waals surface area (Å²) in [6.45, 7) is 4.88. The lowest BCUT2D eigenvalue weighted by Crippen LogP contribution is -2.55. The highest BCUT2D eigenvalue weighted by Crippen LogP contribution is 2.72. The normalized spacial score (nSPS) is 25.7. The van der Waals surface area contributed by atoms with E-state index in [2.05, 4.69) is 147 Å². The van der Waals surface area contributed by atoms with Gasteiger partial charge in [-0.3, -0.25) is 0 Å². The van der Waals surface area contributed by atoms with E-state index >= 15 is 0 Å². The second kappa shape index (κ2) is 9.89. The van der Waals surface area contributed by atoms with Gasteiger partial charge in [0.25, 0.3) is 0 Å². The molecule has 6 aliphatic carbocycles. The molecule has 1 spiro atoms. The fourth-order valence-corrected chi connectivity index (χ4v) is 12.8. The molecule has 0 N–H and O–H groups in total. The molecule has 6 aliphatic rings. The molecule has 0 unspecified atom stereocenters. The van der Waals surface area contributed by atoms with Crippen LogP contribution in [0.4, 0.5) is 0 Å². The molecule has 0 heteroatoms. The maximum atomic E-state index is 2.63. The van der Waals surface area contributed by atoms with E-state index in [0.717, 1.165) is 23.7 Å². The fourth-order valence-electron chi connectivity index (χ4n) is 12.8. The molecule has 4 bridgehead atoms. The van der Waals surface area contributed by atoms with Gasteiger partial charge in [-0.15, -0.1) is 0 Å². The Morgan fingerprint density at radius 3 is 1.76 bits per heavy atom. The molecule has 0 atom stereocenters. The van der Waals surface area contributed by atoms with Gasteiger partial charge in [0.15, 0.2) is 0 Å². The van der Waals surface area contributed by atoms with Crippen LogP contribution in [0.3, 0.4) is 0 Å². The molecule has 4 fully saturated rings. The summed E-state index contributed by atoms with van der Waals surface area (Å²) in [6, 6.07) is 51.6. The Labute approximate surface area is 301 Å². The van der Waals surface area contributed by atoms with Gasteiger partial charge in [0.05, 0.1) is 0 Å². The van der Waals surface area contributed by atoms with Crippen molar-refractivity contribution in [1.29, 1.82) is 0 Å². The van der Waals surface area contributed by atoms with E-state index in [4.69, 9.17) is 0 Å². The zero-order valence-corrected chi connectivity index (χ0v) is 29.5. The summed E-state index contributed by atoms with van der Waals surface area (Å²) in [5.74, 6) is 3.29. The van der Waals surface area contributed by atoms with E-state index in [-0.39, 0.29) is 10.8 Å². The van der Waals surface area contributed by atoms with E-state index < -0.39 is 0 Å². The first-order chi connectivity index (χ1) is 25.0. The molecule has 0 heterocycles. The van der Waals surface area contributed by atoms with Gasteiger partial charge in [-0.1, -0.05) is 135 Å². The Morgan fingerprint density at radius 1 is 0.431 bits per heavy atom. The van der Waals surface area contributed by atoms with Crippen LogP contribution in [-0.4, -0.2) is 0 Å². The standard InChI is InChI=1S/C51H42/c1-50(2)44-14-7-6-11-42(44)47-45(50)21-22-46-48(47)43-13-8-12-41(49(43)51(46)37-24-30-23-31(26-37)27-38(51)25-30)36-18-20-40-35(29-36)16-15-34-28-33(17-19-39(34)40)32-9-4-3-5-10-32/h3-22,28-31,37-38H,23-27H2,1-2H3. The van der Waals surface area contributed by atoms with Crippen LogP contribution in [0, 0.1) is 23.7 Å². The summed E-state index contributed by atoms with van der Waals surface area (Å²) in [7, 11) is 0. The summed E-state index contributed by atoms with van der Waals surface area (Å²) < 4.78 is 0. The molecule has 0 radical (unpaired) electrons. The largest absolute Gasteiger partial charge is 0.0622 e. The quantitative estimate of drug-likeness (QED) is 0.163. The van der Waals surface area contributed by atoms with Crippen LogP contribution >= 0.6 is 0 Å². The van der Waals surface area contributed by atoms with Crippen LogP contribution in [0.5, 0.6) is 0 Å². The summed E-state index contributed by atoms with van der Waals surface area (Å²) in [6.07, 6.45) is 7.06. The maximum absolute atomic E-state index is 2.63. The van der Waals surface area contributed by atoms with E-state index in [1.165, 1.54) is 104 Å². The van der Waals surface area contributed by atoms with Gasteiger partial charge >= 0.3 is 0 Å². The SMILES string of the molecule is CC1(C)c2ccccc2-c2c1ccc1c2-c2cccc(-c3ccc4c(ccc5cc(-c6ccccc6)ccc54)c3)c2C12C1CC3CC(C1)CC2C3. The van der Waals surface area contributed by atoms with Gasteiger partial charge in [-0.25, -0.2) is 0 Å². The molecular formula is C51H42. The molecule has 0 saturated heterocycles. The van der Waals surface area contributed by atoms with E-state index in [1.807, 2.05) is 0 Å². The van der Waals surface area contributed by atoms with Gasteiger partial charge < -0.3 is 0 Å². The first-order valence-corrected chi connectivity index (χ1v) is 19.4. The molecule has 13 rings (SSSR count). The minimum Gasteiger partial charge on any atom is -0.0622 e. The Morgan fingerprint density at radius 2 is 1.02 bits per heavy atom. The molecular weight excluding hydrogens is 613 g/mol. The van der Waals surface area contributed by atoms with Crippen molar-refractivity contribution in [1.82, 2.24) is 0 Å². The summed E-state index contributed by atoms with van der Waals surface area (Å²) >= 11 is 0. The second-order valence-corrected chi connectivity index (χ2v) is 17.3. The van der Waals surface area contributed by atoms with Crippen molar-refractivity contribution in [3.8, 4) is 44.5 Å². The third-order valence-corrected chi connectivity index (χ3v) is 14.6. The lowest BCUT2D eigenvalue weighted by molar-refractivity contribution is -0.0397. The van der Waals surface area contributed by atoms with Crippen LogP contribution in [-0.2, 0) is 10.8 Å². The summed E-state index contributed by atoms with van der Waals surface area (Å²) in [4.78, 5) is 0. The number of benzene rings is 7. The minimum absolute atomic E-state index is 0.00152. The van der Waals surface area contributed by atoms with Crippen molar-refractivity contribution in [2.24, 2.45) is 23.7 Å². The lowest BCUT2D eigenvalue weighted by atomic mass is 9.42.